The highest BCUT2D eigenvalue weighted by molar-refractivity contribution is 7.10. The Morgan fingerprint density at radius 1 is 1.31 bits per heavy atom. The number of hydrogen-bond acceptors (Lipinski definition) is 6. The van der Waals surface area contributed by atoms with Gasteiger partial charge < -0.3 is 19.6 Å². The summed E-state index contributed by atoms with van der Waals surface area (Å²) in [6.45, 7) is 3.03. The minimum atomic E-state index is -0.634. The predicted molar refractivity (Wildman–Crippen MR) is 112 cm³/mol. The van der Waals surface area contributed by atoms with Crippen molar-refractivity contribution in [3.05, 3.63) is 57.3 Å². The molecular weight excluding hydrogens is 388 g/mol. The number of aliphatic hydroxyl groups is 1. The maximum absolute atomic E-state index is 12.9. The van der Waals surface area contributed by atoms with Gasteiger partial charge in [0, 0.05) is 30.0 Å². The second-order valence-electron chi connectivity index (χ2n) is 7.77. The Morgan fingerprint density at radius 3 is 2.79 bits per heavy atom. The molecule has 0 saturated carbocycles. The monoisotopic (exact) mass is 412 g/mol. The molecule has 1 aromatic heterocycles. The van der Waals surface area contributed by atoms with Crippen LogP contribution in [0.5, 0.6) is 5.75 Å². The van der Waals surface area contributed by atoms with Crippen LogP contribution in [0.3, 0.4) is 0 Å². The SMILES string of the molecule is C[C@@H]1Cc2cc(C(O)=C3C(=O)C(=O)N(CCN(C)C)[C@H]3c3cccs3)ccc2O1. The van der Waals surface area contributed by atoms with Gasteiger partial charge in [0.1, 0.15) is 17.6 Å². The van der Waals surface area contributed by atoms with E-state index in [1.807, 2.05) is 55.6 Å². The molecule has 1 amide bonds. The van der Waals surface area contributed by atoms with Gasteiger partial charge in [-0.05, 0) is 56.2 Å². The van der Waals surface area contributed by atoms with Crippen molar-refractivity contribution in [1.29, 1.82) is 0 Å². The zero-order valence-electron chi connectivity index (χ0n) is 16.7. The van der Waals surface area contributed by atoms with Crippen LogP contribution in [-0.2, 0) is 16.0 Å². The van der Waals surface area contributed by atoms with Gasteiger partial charge in [-0.15, -0.1) is 11.3 Å². The Morgan fingerprint density at radius 2 is 2.10 bits per heavy atom. The van der Waals surface area contributed by atoms with E-state index in [0.29, 0.717) is 18.7 Å². The first-order valence-corrected chi connectivity index (χ1v) is 10.5. The van der Waals surface area contributed by atoms with Crippen LogP contribution in [0.4, 0.5) is 0 Å². The molecule has 29 heavy (non-hydrogen) atoms. The van der Waals surface area contributed by atoms with Crippen LogP contribution in [-0.4, -0.2) is 59.9 Å². The summed E-state index contributed by atoms with van der Waals surface area (Å²) in [5.74, 6) is -0.526. The fourth-order valence-corrected chi connectivity index (χ4v) is 4.73. The fourth-order valence-electron chi connectivity index (χ4n) is 3.89. The molecule has 1 fully saturated rings. The van der Waals surface area contributed by atoms with E-state index in [4.69, 9.17) is 4.74 Å². The molecule has 152 valence electrons. The third kappa shape index (κ3) is 3.56. The summed E-state index contributed by atoms with van der Waals surface area (Å²) >= 11 is 1.47. The number of Topliss-reactive ketones (excluding diaryl/α,β-unsaturated/α-hetero) is 1. The summed E-state index contributed by atoms with van der Waals surface area (Å²) in [7, 11) is 3.84. The van der Waals surface area contributed by atoms with Crippen LogP contribution in [0.1, 0.15) is 29.0 Å². The molecule has 0 spiro atoms. The number of hydrogen-bond donors (Lipinski definition) is 1. The molecule has 0 radical (unpaired) electrons. The topological polar surface area (TPSA) is 70.1 Å². The maximum atomic E-state index is 12.9. The van der Waals surface area contributed by atoms with Crippen molar-refractivity contribution in [2.45, 2.75) is 25.5 Å². The first kappa shape index (κ1) is 19.7. The van der Waals surface area contributed by atoms with E-state index < -0.39 is 17.7 Å². The Bertz CT molecular complexity index is 981. The quantitative estimate of drug-likeness (QED) is 0.464. The Kier molecular flexibility index (Phi) is 5.19. The number of likely N-dealkylation sites (tertiary alicyclic amines) is 1. The van der Waals surface area contributed by atoms with Gasteiger partial charge in [0.05, 0.1) is 11.6 Å². The molecule has 0 bridgehead atoms. The van der Waals surface area contributed by atoms with Crippen LogP contribution < -0.4 is 4.74 Å². The summed E-state index contributed by atoms with van der Waals surface area (Å²) in [5.41, 5.74) is 1.69. The molecule has 4 rings (SSSR count). The number of carbonyl (C=O) groups excluding carboxylic acids is 2. The van der Waals surface area contributed by atoms with E-state index in [9.17, 15) is 14.7 Å². The number of ketones is 1. The van der Waals surface area contributed by atoms with Crippen molar-refractivity contribution >= 4 is 28.8 Å². The molecule has 2 aliphatic heterocycles. The first-order valence-electron chi connectivity index (χ1n) is 9.63. The standard InChI is InChI=1S/C22H24N2O4S/c1-13-11-15-12-14(6-7-16(15)28-13)20(25)18-19(17-5-4-10-29-17)24(9-8-23(2)3)22(27)21(18)26/h4-7,10,12-13,19,25H,8-9,11H2,1-3H3/t13-,19+/m1/s1. The van der Waals surface area contributed by atoms with Crippen LogP contribution in [0, 0.1) is 0 Å². The van der Waals surface area contributed by atoms with Gasteiger partial charge in [-0.3, -0.25) is 9.59 Å². The number of thiophene rings is 1. The normalized spacial score (nSPS) is 23.0. The third-order valence-electron chi connectivity index (χ3n) is 5.31. The summed E-state index contributed by atoms with van der Waals surface area (Å²) in [4.78, 5) is 30.1. The zero-order valence-corrected chi connectivity index (χ0v) is 17.5. The van der Waals surface area contributed by atoms with Crippen molar-refractivity contribution in [2.24, 2.45) is 0 Å². The van der Waals surface area contributed by atoms with Crippen molar-refractivity contribution in [3.8, 4) is 5.75 Å². The van der Waals surface area contributed by atoms with E-state index in [1.165, 1.54) is 11.3 Å². The molecule has 7 heteroatoms. The lowest BCUT2D eigenvalue weighted by Crippen LogP contribution is -2.35. The molecule has 2 aliphatic rings. The van der Waals surface area contributed by atoms with E-state index in [2.05, 4.69) is 0 Å². The highest BCUT2D eigenvalue weighted by atomic mass is 32.1. The van der Waals surface area contributed by atoms with E-state index in [0.717, 1.165) is 22.6 Å². The van der Waals surface area contributed by atoms with Gasteiger partial charge in [0.15, 0.2) is 0 Å². The van der Waals surface area contributed by atoms with Crippen LogP contribution in [0.25, 0.3) is 5.76 Å². The lowest BCUT2D eigenvalue weighted by molar-refractivity contribution is -0.140. The molecule has 1 saturated heterocycles. The number of nitrogens with zero attached hydrogens (tertiary/aromatic N) is 2. The molecule has 0 unspecified atom stereocenters. The largest absolute Gasteiger partial charge is 0.507 e. The zero-order chi connectivity index (χ0) is 20.7. The molecule has 2 atom stereocenters. The first-order chi connectivity index (χ1) is 13.9. The average molecular weight is 413 g/mol. The highest BCUT2D eigenvalue weighted by Crippen LogP contribution is 2.41. The highest BCUT2D eigenvalue weighted by Gasteiger charge is 2.46. The van der Waals surface area contributed by atoms with Crippen LogP contribution in [0.2, 0.25) is 0 Å². The van der Waals surface area contributed by atoms with Crippen LogP contribution >= 0.6 is 11.3 Å². The van der Waals surface area contributed by atoms with Gasteiger partial charge in [-0.2, -0.15) is 0 Å². The minimum Gasteiger partial charge on any atom is -0.507 e. The smallest absolute Gasteiger partial charge is 0.295 e. The van der Waals surface area contributed by atoms with Gasteiger partial charge in [-0.25, -0.2) is 0 Å². The van der Waals surface area contributed by atoms with Crippen LogP contribution in [0.15, 0.2) is 41.3 Å². The number of amides is 1. The maximum Gasteiger partial charge on any atom is 0.295 e. The number of benzene rings is 1. The molecular formula is C22H24N2O4S. The molecule has 2 aromatic rings. The van der Waals surface area contributed by atoms with Gasteiger partial charge >= 0.3 is 0 Å². The Balaban J connectivity index is 1.78. The summed E-state index contributed by atoms with van der Waals surface area (Å²) in [5, 5.41) is 13.0. The summed E-state index contributed by atoms with van der Waals surface area (Å²) in [6.07, 6.45) is 0.840. The molecule has 3 heterocycles. The van der Waals surface area contributed by atoms with Crippen molar-refractivity contribution < 1.29 is 19.4 Å². The summed E-state index contributed by atoms with van der Waals surface area (Å²) < 4.78 is 5.73. The van der Waals surface area contributed by atoms with E-state index in [1.54, 1.807) is 11.0 Å². The van der Waals surface area contributed by atoms with E-state index in [-0.39, 0.29) is 17.4 Å². The molecule has 6 nitrogen and oxygen atoms in total. The lowest BCUT2D eigenvalue weighted by Gasteiger charge is -2.25. The number of aliphatic hydroxyl groups excluding tert-OH is 1. The average Bonchev–Trinajstić information content (AvgIpc) is 3.38. The number of rotatable bonds is 5. The number of ether oxygens (including phenoxy) is 1. The van der Waals surface area contributed by atoms with Crippen molar-refractivity contribution in [1.82, 2.24) is 9.80 Å². The number of fused-ring (bicyclic) bond motifs is 1. The van der Waals surface area contributed by atoms with E-state index >= 15 is 0 Å². The predicted octanol–water partition coefficient (Wildman–Crippen LogP) is 3.05. The fraction of sp³-hybridized carbons (Fsp3) is 0.364. The number of likely N-dealkylation sites (N-methyl/N-ethyl adjacent to an activating group) is 1. The second kappa shape index (κ2) is 7.65. The molecule has 1 N–H and O–H groups in total. The Labute approximate surface area is 174 Å². The molecule has 0 aliphatic carbocycles. The summed E-state index contributed by atoms with van der Waals surface area (Å²) in [6, 6.07) is 8.63. The second-order valence-corrected chi connectivity index (χ2v) is 8.75. The molecule has 1 aromatic carbocycles. The van der Waals surface area contributed by atoms with Gasteiger partial charge in [-0.1, -0.05) is 6.07 Å². The van der Waals surface area contributed by atoms with Crippen molar-refractivity contribution in [2.75, 3.05) is 27.2 Å². The third-order valence-corrected chi connectivity index (χ3v) is 6.23. The minimum absolute atomic E-state index is 0.0881. The number of carbonyl (C=O) groups is 2. The Hall–Kier alpha value is -2.64. The van der Waals surface area contributed by atoms with Crippen molar-refractivity contribution in [3.63, 3.8) is 0 Å². The lowest BCUT2D eigenvalue weighted by atomic mass is 9.98. The van der Waals surface area contributed by atoms with Gasteiger partial charge in [0.2, 0.25) is 0 Å². The van der Waals surface area contributed by atoms with Gasteiger partial charge in [0.25, 0.3) is 11.7 Å².